The van der Waals surface area contributed by atoms with E-state index in [-0.39, 0.29) is 41.7 Å². The van der Waals surface area contributed by atoms with Gasteiger partial charge in [0.05, 0.1) is 45.1 Å². The highest BCUT2D eigenvalue weighted by Crippen LogP contribution is 2.38. The van der Waals surface area contributed by atoms with Crippen LogP contribution in [0.1, 0.15) is 87.9 Å². The zero-order chi connectivity index (χ0) is 56.2. The largest absolute Gasteiger partial charge is 0.478 e. The van der Waals surface area contributed by atoms with E-state index in [4.69, 9.17) is 36.6 Å². The molecule has 12 rings (SSSR count). The van der Waals surface area contributed by atoms with Crippen molar-refractivity contribution in [1.82, 2.24) is 53.3 Å². The van der Waals surface area contributed by atoms with Gasteiger partial charge in [-0.05, 0) is 152 Å². The first kappa shape index (κ1) is 54.5. The molecule has 3 amide bonds. The van der Waals surface area contributed by atoms with Crippen LogP contribution in [0.2, 0.25) is 0 Å². The molecule has 4 aliphatic rings. The van der Waals surface area contributed by atoms with Gasteiger partial charge in [0.2, 0.25) is 0 Å². The average molecular weight is 1080 g/mol. The first-order valence-corrected chi connectivity index (χ1v) is 27.1. The zero-order valence-corrected chi connectivity index (χ0v) is 46.2. The lowest BCUT2D eigenvalue weighted by molar-refractivity contribution is 0.0279. The molecule has 2 aliphatic heterocycles. The van der Waals surface area contributed by atoms with Gasteiger partial charge in [-0.3, -0.25) is 4.79 Å². The molecule has 2 aliphatic carbocycles. The number of nitrogens with one attached hydrogen (secondary N) is 1. The number of aryl methyl sites for hydroxylation is 2. The Morgan fingerprint density at radius 2 is 1.04 bits per heavy atom. The molecule has 8 aromatic rings. The fraction of sp³-hybridized carbons (Fsp3) is 0.448. The van der Waals surface area contributed by atoms with Gasteiger partial charge in [-0.2, -0.15) is 0 Å². The Morgan fingerprint density at radius 1 is 0.608 bits per heavy atom. The summed E-state index contributed by atoms with van der Waals surface area (Å²) < 4.78 is 19.3. The molecule has 2 aromatic carbocycles. The van der Waals surface area contributed by atoms with E-state index in [1.807, 2.05) is 103 Å². The van der Waals surface area contributed by atoms with E-state index in [0.717, 1.165) is 74.7 Å². The minimum absolute atomic E-state index is 0.137. The summed E-state index contributed by atoms with van der Waals surface area (Å²) in [6.45, 7) is 14.4. The van der Waals surface area contributed by atoms with E-state index < -0.39 is 23.3 Å². The molecule has 0 bridgehead atoms. The number of carbonyl (C=O) groups is 4. The van der Waals surface area contributed by atoms with E-state index in [1.54, 1.807) is 28.0 Å². The van der Waals surface area contributed by atoms with Crippen molar-refractivity contribution in [3.63, 3.8) is 0 Å². The first-order chi connectivity index (χ1) is 37.5. The maximum absolute atomic E-state index is 13.2. The number of amides is 3. The molecule has 6 aromatic heterocycles. The fourth-order valence-electron chi connectivity index (χ4n) is 10.2. The lowest BCUT2D eigenvalue weighted by atomic mass is 10.1. The number of ether oxygens (including phenoxy) is 2. The molecule has 8 N–H and O–H groups in total. The number of carbonyl (C=O) groups excluding carboxylic acids is 3. The second-order valence-electron chi connectivity index (χ2n) is 23.5. The number of aromatic nitrogens is 8. The third-order valence-electron chi connectivity index (χ3n) is 14.7. The molecule has 2 saturated carbocycles. The van der Waals surface area contributed by atoms with Crippen LogP contribution in [0, 0.1) is 11.8 Å². The summed E-state index contributed by atoms with van der Waals surface area (Å²) in [5, 5.41) is 14.4. The molecule has 0 radical (unpaired) electrons. The normalized spacial score (nSPS) is 19.4. The van der Waals surface area contributed by atoms with Gasteiger partial charge in [0.15, 0.2) is 11.6 Å². The lowest BCUT2D eigenvalue weighted by Crippen LogP contribution is -2.46. The number of pyridine rings is 2. The summed E-state index contributed by atoms with van der Waals surface area (Å²) in [7, 11) is 3.97. The van der Waals surface area contributed by atoms with Crippen LogP contribution in [-0.2, 0) is 36.7 Å². The number of likely N-dealkylation sites (tertiary alicyclic amines) is 2. The van der Waals surface area contributed by atoms with Crippen LogP contribution in [0.3, 0.4) is 0 Å². The van der Waals surface area contributed by atoms with E-state index in [1.165, 1.54) is 25.7 Å². The van der Waals surface area contributed by atoms with Gasteiger partial charge in [0.25, 0.3) is 5.91 Å². The average Bonchev–Trinajstić information content (AvgIpc) is 4.19. The van der Waals surface area contributed by atoms with E-state index in [0.29, 0.717) is 49.1 Å². The van der Waals surface area contributed by atoms with Gasteiger partial charge >= 0.3 is 18.2 Å². The van der Waals surface area contributed by atoms with Crippen LogP contribution in [0.5, 0.6) is 0 Å². The molecule has 0 spiro atoms. The van der Waals surface area contributed by atoms with Crippen LogP contribution < -0.4 is 22.5 Å². The fourth-order valence-corrected chi connectivity index (χ4v) is 10.2. The second kappa shape index (κ2) is 21.4. The van der Waals surface area contributed by atoms with Crippen LogP contribution >= 0.6 is 0 Å². The van der Waals surface area contributed by atoms with Gasteiger partial charge in [-0.25, -0.2) is 34.3 Å². The molecule has 2 saturated heterocycles. The third-order valence-corrected chi connectivity index (χ3v) is 14.7. The summed E-state index contributed by atoms with van der Waals surface area (Å²) in [5.74, 6) is 1.88. The van der Waals surface area contributed by atoms with E-state index in [2.05, 4.69) is 53.3 Å². The summed E-state index contributed by atoms with van der Waals surface area (Å²) in [5.41, 5.74) is 24.6. The van der Waals surface area contributed by atoms with E-state index in [9.17, 15) is 24.3 Å². The molecule has 4 atom stereocenters. The number of imidazole rings is 2. The van der Waals surface area contributed by atoms with Crippen molar-refractivity contribution in [2.75, 3.05) is 26.2 Å². The maximum Gasteiger partial charge on any atom is 0.410 e. The maximum atomic E-state index is 13.2. The number of rotatable bonds is 9. The smallest absolute Gasteiger partial charge is 0.410 e. The molecular formula is C58H72N14O7. The van der Waals surface area contributed by atoms with Crippen molar-refractivity contribution in [2.24, 2.45) is 43.1 Å². The van der Waals surface area contributed by atoms with Gasteiger partial charge in [0.1, 0.15) is 22.5 Å². The molecule has 21 heteroatoms. The third kappa shape index (κ3) is 12.1. The van der Waals surface area contributed by atoms with Crippen molar-refractivity contribution in [3.8, 4) is 23.0 Å². The molecule has 21 nitrogen and oxygen atoms in total. The van der Waals surface area contributed by atoms with Gasteiger partial charge in [0, 0.05) is 100 Å². The number of nitrogens with two attached hydrogens (primary N) is 3. The first-order valence-electron chi connectivity index (χ1n) is 27.1. The van der Waals surface area contributed by atoms with Crippen molar-refractivity contribution in [3.05, 3.63) is 96.3 Å². The number of aromatic carboxylic acids is 1. The van der Waals surface area contributed by atoms with Crippen molar-refractivity contribution >= 4 is 68.2 Å². The van der Waals surface area contributed by atoms with Gasteiger partial charge < -0.3 is 65.2 Å². The molecular weight excluding hydrogens is 1000 g/mol. The van der Waals surface area contributed by atoms with Gasteiger partial charge in [-0.15, -0.1) is 0 Å². The van der Waals surface area contributed by atoms with Crippen LogP contribution in [0.15, 0.2) is 85.2 Å². The van der Waals surface area contributed by atoms with Crippen LogP contribution in [-0.4, -0.2) is 139 Å². The quantitative estimate of drug-likeness (QED) is 0.0952. The Bertz CT molecular complexity index is 3600. The number of fused-ring (bicyclic) bond motifs is 4. The van der Waals surface area contributed by atoms with Crippen LogP contribution in [0.25, 0.3) is 67.2 Å². The van der Waals surface area contributed by atoms with Crippen molar-refractivity contribution in [2.45, 2.75) is 116 Å². The zero-order valence-electron chi connectivity index (χ0n) is 46.2. The Morgan fingerprint density at radius 3 is 1.48 bits per heavy atom. The summed E-state index contributed by atoms with van der Waals surface area (Å²) >= 11 is 0. The van der Waals surface area contributed by atoms with Gasteiger partial charge in [-0.1, -0.05) is 0 Å². The molecule has 416 valence electrons. The molecule has 4 fully saturated rings. The van der Waals surface area contributed by atoms with Crippen LogP contribution in [0.4, 0.5) is 9.59 Å². The number of hydrogen-bond donors (Lipinski definition) is 5. The van der Waals surface area contributed by atoms with E-state index >= 15 is 0 Å². The minimum Gasteiger partial charge on any atom is -0.478 e. The number of nitrogens with zero attached hydrogens (tertiary/aromatic N) is 10. The standard InChI is InChI=1S/C29H35N7O3.C20H18N4O2.C9H19N3O2/c1-29(2,3)39-28(38)35-15-20(30)22(16-35)33-27(37)19-9-10-23-21(12-19)32-26(34(23)4)24-13-18-6-5-11-31-25(18)36(24)14-17-7-8-17;1-23-16-7-6-14(20(25)26)9-15(16)22-19(23)17-10-13-3-2-8-21-18(13)24(17)11-12-4-5-12;1-9(2,3)14-8(13)12-4-6(10)7(11)5-12/h5-6,9-13,17,20,22H,7-8,14-16,30H2,1-4H3,(H,33,37);2-3,6-10,12H,4-5,11H2,1H3,(H,25,26);6-7H,4-5,10-11H2,1-3H3/t20-,22-;;6-,7-/m0.0/s1. The number of carboxylic acid groups (broad SMARTS) is 1. The highest BCUT2D eigenvalue weighted by atomic mass is 16.6. The number of carboxylic acids is 1. The molecule has 79 heavy (non-hydrogen) atoms. The monoisotopic (exact) mass is 1080 g/mol. The number of hydrogen-bond acceptors (Lipinski definition) is 13. The molecule has 0 unspecified atom stereocenters. The SMILES string of the molecule is CC(C)(C)OC(=O)N1C[C@H](N)[C@@H](N)C1.Cn1c(-c2cc3cccnc3n2CC2CC2)nc2cc(C(=O)N[C@H]3CN(C(=O)OC(C)(C)C)C[C@@H]3N)ccc21.Cn1c(-c2cc3cccnc3n2CC2CC2)nc2cc(C(=O)O)ccc21. The highest BCUT2D eigenvalue weighted by molar-refractivity contribution is 5.98. The summed E-state index contributed by atoms with van der Waals surface area (Å²) in [6.07, 6.45) is 7.90. The topological polar surface area (TPSA) is 275 Å². The summed E-state index contributed by atoms with van der Waals surface area (Å²) in [6, 6.07) is 21.9. The Hall–Kier alpha value is -7.88. The minimum atomic E-state index is -0.939. The predicted octanol–water partition coefficient (Wildman–Crippen LogP) is 7.27. The predicted molar refractivity (Wildman–Crippen MR) is 302 cm³/mol. The van der Waals surface area contributed by atoms with Crippen molar-refractivity contribution in [1.29, 1.82) is 0 Å². The second-order valence-corrected chi connectivity index (χ2v) is 23.5. The van der Waals surface area contributed by atoms with Crippen molar-refractivity contribution < 1.29 is 33.8 Å². The summed E-state index contributed by atoms with van der Waals surface area (Å²) in [4.78, 5) is 70.5. The number of benzene rings is 2. The highest BCUT2D eigenvalue weighted by Gasteiger charge is 2.37. The molecule has 8 heterocycles. The Balaban J connectivity index is 0.000000151. The lowest BCUT2D eigenvalue weighted by Gasteiger charge is -2.24. The Kier molecular flexibility index (Phi) is 14.8. The Labute approximate surface area is 458 Å².